The van der Waals surface area contributed by atoms with E-state index in [0.717, 1.165) is 4.90 Å². The maximum absolute atomic E-state index is 15.0. The van der Waals surface area contributed by atoms with Crippen LogP contribution in [-0.4, -0.2) is 38.5 Å². The fourth-order valence-corrected chi connectivity index (χ4v) is 9.32. The van der Waals surface area contributed by atoms with Crippen LogP contribution < -0.4 is 0 Å². The molecule has 0 saturated heterocycles. The normalized spacial score (nSPS) is 14.4. The first-order valence-corrected chi connectivity index (χ1v) is 20.0. The van der Waals surface area contributed by atoms with Gasteiger partial charge in [-0.25, -0.2) is 0 Å². The van der Waals surface area contributed by atoms with Gasteiger partial charge in [-0.1, -0.05) is 50.9 Å². The van der Waals surface area contributed by atoms with E-state index in [4.69, 9.17) is 23.2 Å². The molecule has 0 aromatic heterocycles. The van der Waals surface area contributed by atoms with Crippen LogP contribution in [0.5, 0.6) is 17.2 Å². The van der Waals surface area contributed by atoms with Crippen LogP contribution in [0.4, 0.5) is 5.69 Å². The summed E-state index contributed by atoms with van der Waals surface area (Å²) >= 11 is 14.6. The number of aromatic hydroxyl groups is 3. The third kappa shape index (κ3) is 6.81. The Hall–Kier alpha value is -4.68. The molecule has 13 heteroatoms. The predicted octanol–water partition coefficient (Wildman–Crippen LogP) is 11.4. The second-order valence-corrected chi connectivity index (χ2v) is 16.9. The Morgan fingerprint density at radius 1 is 0.564 bits per heavy atom. The van der Waals surface area contributed by atoms with Crippen molar-refractivity contribution in [3.63, 3.8) is 0 Å². The Labute approximate surface area is 335 Å². The lowest BCUT2D eigenvalue weighted by molar-refractivity contribution is 0.0950. The van der Waals surface area contributed by atoms with Gasteiger partial charge in [-0.15, -0.1) is 28.4 Å². The Kier molecular flexibility index (Phi) is 11.2. The number of Topliss-reactive ketones (excluding diaryl/α,β-unsaturated/α-hetero) is 4. The fraction of sp³-hybridized carbons (Fsp3) is 0.238. The van der Waals surface area contributed by atoms with Crippen LogP contribution in [0.2, 0.25) is 10.0 Å². The number of phenols is 3. The molecule has 0 saturated carbocycles. The summed E-state index contributed by atoms with van der Waals surface area (Å²) < 4.78 is 0. The molecule has 9 nitrogen and oxygen atoms in total. The van der Waals surface area contributed by atoms with Crippen LogP contribution >= 0.6 is 46.7 Å². The minimum absolute atomic E-state index is 0.0186. The number of allylic oxidation sites excluding steroid dienone is 4. The van der Waals surface area contributed by atoms with Crippen molar-refractivity contribution < 1.29 is 34.5 Å². The molecule has 55 heavy (non-hydrogen) atoms. The van der Waals surface area contributed by atoms with E-state index in [1.807, 2.05) is 0 Å². The van der Waals surface area contributed by atoms with Crippen molar-refractivity contribution >= 4 is 75.5 Å². The molecule has 2 aliphatic carbocycles. The number of ketones is 4. The molecule has 4 aromatic rings. The van der Waals surface area contributed by atoms with Gasteiger partial charge in [0.05, 0.1) is 0 Å². The molecule has 282 valence electrons. The number of thioether (sulfide) groups is 2. The molecule has 6 rings (SSSR count). The lowest BCUT2D eigenvalue weighted by atomic mass is 9.70. The number of hydrogen-bond donors (Lipinski definition) is 3. The zero-order valence-electron chi connectivity index (χ0n) is 30.6. The quantitative estimate of drug-likeness (QED) is 0.0799. The van der Waals surface area contributed by atoms with Crippen LogP contribution in [0.1, 0.15) is 117 Å². The molecule has 0 aliphatic heterocycles. The van der Waals surface area contributed by atoms with Crippen LogP contribution in [0, 0.1) is 4.91 Å². The van der Waals surface area contributed by atoms with E-state index < -0.39 is 52.2 Å². The Morgan fingerprint density at radius 2 is 0.945 bits per heavy atom. The maximum Gasteiger partial charge on any atom is 0.195 e. The molecular formula is C42H35Cl2NO8S2. The lowest BCUT2D eigenvalue weighted by Gasteiger charge is -2.31. The van der Waals surface area contributed by atoms with Crippen molar-refractivity contribution in [2.75, 3.05) is 0 Å². The molecule has 0 bridgehead atoms. The Bertz CT molecular complexity index is 2430. The van der Waals surface area contributed by atoms with Crippen molar-refractivity contribution in [1.82, 2.24) is 0 Å². The first kappa shape index (κ1) is 40.0. The van der Waals surface area contributed by atoms with Gasteiger partial charge in [-0.3, -0.25) is 19.2 Å². The average Bonchev–Trinajstić information content (AvgIpc) is 3.14. The largest absolute Gasteiger partial charge is 0.505 e. The first-order valence-electron chi connectivity index (χ1n) is 17.2. The summed E-state index contributed by atoms with van der Waals surface area (Å²) in [5, 5.41) is 38.4. The minimum atomic E-state index is -0.795. The average molecular weight is 817 g/mol. The van der Waals surface area contributed by atoms with E-state index in [0.29, 0.717) is 14.9 Å². The number of carbonyl (C=O) groups is 4. The zero-order chi connectivity index (χ0) is 40.2. The van der Waals surface area contributed by atoms with E-state index in [-0.39, 0.29) is 84.0 Å². The molecule has 0 radical (unpaired) electrons. The van der Waals surface area contributed by atoms with E-state index in [1.165, 1.54) is 37.4 Å². The Balaban J connectivity index is 1.57. The number of rotatable bonds is 10. The predicted molar refractivity (Wildman–Crippen MR) is 216 cm³/mol. The van der Waals surface area contributed by atoms with Gasteiger partial charge in [0.15, 0.2) is 40.3 Å². The summed E-state index contributed by atoms with van der Waals surface area (Å²) in [6.45, 7) is 9.58. The number of halogens is 2. The molecule has 4 aromatic carbocycles. The van der Waals surface area contributed by atoms with Crippen LogP contribution in [0.15, 0.2) is 85.8 Å². The standard InChI is InChI=1S/C42H35Cl2NO8S2/c1-17(2)27-33-31(25(38(48)35(27)45-53)15-54-23-11-7-21(43)8-12-23)40(50)29(19(5)36(33)46)30-20(6)37(47)34-28(18(3)4)42(52)39(49)26(32(34)41(30)51)16-55-24-13-9-22(44)10-14-24/h7-14,17-18,48-49,52H,15-16H2,1-6H3. The van der Waals surface area contributed by atoms with Crippen LogP contribution in [-0.2, 0) is 11.5 Å². The molecular weight excluding hydrogens is 782 g/mol. The number of nitroso groups, excluding NO2 is 1. The second kappa shape index (κ2) is 15.5. The number of carbonyl (C=O) groups excluding carboxylic acids is 4. The molecule has 0 atom stereocenters. The molecule has 0 amide bonds. The maximum atomic E-state index is 15.0. The monoisotopic (exact) mass is 815 g/mol. The van der Waals surface area contributed by atoms with Gasteiger partial charge < -0.3 is 15.3 Å². The van der Waals surface area contributed by atoms with Crippen LogP contribution in [0.3, 0.4) is 0 Å². The Morgan fingerprint density at radius 3 is 1.33 bits per heavy atom. The zero-order valence-corrected chi connectivity index (χ0v) is 33.7. The molecule has 2 aliphatic rings. The first-order chi connectivity index (χ1) is 26.0. The third-order valence-corrected chi connectivity index (χ3v) is 12.4. The fourth-order valence-electron chi connectivity index (χ4n) is 7.22. The SMILES string of the molecule is CC1=C(C2=C(C)C(=O)c3c(c(CSc4ccc(Cl)cc4)c(O)c(N=O)c3C(C)C)C2=O)C(=O)c2c(CSc3ccc(Cl)cc3)c(O)c(O)c(C(C)C)c2C1=O. The van der Waals surface area contributed by atoms with Gasteiger partial charge >= 0.3 is 0 Å². The molecule has 0 heterocycles. The number of hydrogen-bond acceptors (Lipinski definition) is 11. The number of phenolic OH excluding ortho intramolecular Hbond substituents is 3. The van der Waals surface area contributed by atoms with Gasteiger partial charge in [0, 0.05) is 92.6 Å². The van der Waals surface area contributed by atoms with Gasteiger partial charge in [-0.2, -0.15) is 0 Å². The highest BCUT2D eigenvalue weighted by Crippen LogP contribution is 2.51. The second-order valence-electron chi connectivity index (χ2n) is 13.9. The third-order valence-electron chi connectivity index (χ3n) is 9.86. The summed E-state index contributed by atoms with van der Waals surface area (Å²) in [7, 11) is 0. The number of benzene rings is 4. The van der Waals surface area contributed by atoms with Crippen LogP contribution in [0.25, 0.3) is 0 Å². The van der Waals surface area contributed by atoms with E-state index in [1.54, 1.807) is 76.2 Å². The van der Waals surface area contributed by atoms with Gasteiger partial charge in [-0.05, 0) is 85.0 Å². The van der Waals surface area contributed by atoms with E-state index in [9.17, 15) is 29.8 Å². The number of nitrogens with zero attached hydrogens (tertiary/aromatic N) is 1. The van der Waals surface area contributed by atoms with E-state index >= 15 is 9.59 Å². The molecule has 0 unspecified atom stereocenters. The minimum Gasteiger partial charge on any atom is -0.505 e. The summed E-state index contributed by atoms with van der Waals surface area (Å²) in [5.74, 6) is -5.74. The molecule has 0 fully saturated rings. The van der Waals surface area contributed by atoms with Crippen molar-refractivity contribution in [2.24, 2.45) is 5.18 Å². The van der Waals surface area contributed by atoms with Gasteiger partial charge in [0.25, 0.3) is 0 Å². The lowest BCUT2D eigenvalue weighted by Crippen LogP contribution is -2.32. The highest BCUT2D eigenvalue weighted by molar-refractivity contribution is 7.98. The van der Waals surface area contributed by atoms with Crippen molar-refractivity contribution in [3.8, 4) is 17.2 Å². The van der Waals surface area contributed by atoms with Gasteiger partial charge in [0.2, 0.25) is 0 Å². The van der Waals surface area contributed by atoms with Crippen molar-refractivity contribution in [1.29, 1.82) is 0 Å². The summed E-state index contributed by atoms with van der Waals surface area (Å²) in [4.78, 5) is 72.8. The highest BCUT2D eigenvalue weighted by Gasteiger charge is 2.45. The summed E-state index contributed by atoms with van der Waals surface area (Å²) in [6.07, 6.45) is 0. The highest BCUT2D eigenvalue weighted by atomic mass is 35.5. The summed E-state index contributed by atoms with van der Waals surface area (Å²) in [6, 6.07) is 13.6. The smallest absolute Gasteiger partial charge is 0.195 e. The van der Waals surface area contributed by atoms with Gasteiger partial charge in [0.1, 0.15) is 5.75 Å². The molecule has 3 N–H and O–H groups in total. The topological polar surface area (TPSA) is 158 Å². The van der Waals surface area contributed by atoms with Crippen molar-refractivity contribution in [3.05, 3.63) is 130 Å². The van der Waals surface area contributed by atoms with E-state index in [2.05, 4.69) is 5.18 Å². The molecule has 0 spiro atoms. The number of fused-ring (bicyclic) bond motifs is 2. The van der Waals surface area contributed by atoms with Crippen molar-refractivity contribution in [2.45, 2.75) is 74.7 Å². The summed E-state index contributed by atoms with van der Waals surface area (Å²) in [5.41, 5.74) is -1.71.